The molecular weight excluding hydrogens is 426 g/mol. The summed E-state index contributed by atoms with van der Waals surface area (Å²) >= 11 is 1.62. The Bertz CT molecular complexity index is 1060. The van der Waals surface area contributed by atoms with Crippen LogP contribution >= 0.6 is 11.3 Å². The highest BCUT2D eigenvalue weighted by Gasteiger charge is 2.26. The van der Waals surface area contributed by atoms with Crippen molar-refractivity contribution in [3.63, 3.8) is 0 Å². The molecule has 4 rings (SSSR count). The normalized spacial score (nSPS) is 18.2. The highest BCUT2D eigenvalue weighted by atomic mass is 32.1. The molecule has 172 valence electrons. The second kappa shape index (κ2) is 10.4. The van der Waals surface area contributed by atoms with Gasteiger partial charge in [0.15, 0.2) is 0 Å². The molecule has 0 spiro atoms. The molecule has 32 heavy (non-hydrogen) atoms. The molecule has 8 nitrogen and oxygen atoms in total. The third-order valence-electron chi connectivity index (χ3n) is 5.77. The molecule has 1 saturated carbocycles. The van der Waals surface area contributed by atoms with Crippen LogP contribution in [0.5, 0.6) is 5.75 Å². The summed E-state index contributed by atoms with van der Waals surface area (Å²) in [7, 11) is 1.66. The highest BCUT2D eigenvalue weighted by molar-refractivity contribution is 7.21. The Morgan fingerprint density at radius 3 is 2.84 bits per heavy atom. The maximum atomic E-state index is 9.54. The van der Waals surface area contributed by atoms with Crippen LogP contribution in [0.2, 0.25) is 0 Å². The van der Waals surface area contributed by atoms with Crippen LogP contribution in [-0.4, -0.2) is 59.6 Å². The van der Waals surface area contributed by atoms with Crippen LogP contribution in [-0.2, 0) is 4.74 Å². The second-order valence-corrected chi connectivity index (χ2v) is 9.07. The summed E-state index contributed by atoms with van der Waals surface area (Å²) in [4.78, 5) is 14.4. The van der Waals surface area contributed by atoms with E-state index in [2.05, 4.69) is 10.6 Å². The van der Waals surface area contributed by atoms with Gasteiger partial charge in [0.1, 0.15) is 16.6 Å². The Morgan fingerprint density at radius 1 is 1.22 bits per heavy atom. The summed E-state index contributed by atoms with van der Waals surface area (Å²) in [6.45, 7) is 6.13. The van der Waals surface area contributed by atoms with Gasteiger partial charge in [0, 0.05) is 31.9 Å². The zero-order valence-corrected chi connectivity index (χ0v) is 19.7. The summed E-state index contributed by atoms with van der Waals surface area (Å²) in [5.41, 5.74) is 2.69. The number of thiazole rings is 1. The fourth-order valence-electron chi connectivity index (χ4n) is 4.10. The zero-order valence-electron chi connectivity index (χ0n) is 18.9. The van der Waals surface area contributed by atoms with Crippen LogP contribution in [0.25, 0.3) is 20.8 Å². The van der Waals surface area contributed by atoms with E-state index in [1.165, 1.54) is 0 Å². The lowest BCUT2D eigenvalue weighted by atomic mass is 10.1. The van der Waals surface area contributed by atoms with Crippen molar-refractivity contribution in [3.05, 3.63) is 23.9 Å². The number of nitrogens with zero attached hydrogens (tertiary/aromatic N) is 3. The first-order valence-electron chi connectivity index (χ1n) is 11.1. The number of ether oxygens (including phenoxy) is 2. The van der Waals surface area contributed by atoms with Crippen molar-refractivity contribution in [1.29, 1.82) is 0 Å². The topological polar surface area (TPSA) is 101 Å². The lowest BCUT2D eigenvalue weighted by Crippen LogP contribution is -2.20. The van der Waals surface area contributed by atoms with E-state index in [4.69, 9.17) is 24.4 Å². The van der Waals surface area contributed by atoms with Gasteiger partial charge in [-0.2, -0.15) is 4.98 Å². The molecule has 3 N–H and O–H groups in total. The maximum Gasteiger partial charge on any atom is 0.224 e. The number of benzene rings is 1. The van der Waals surface area contributed by atoms with Crippen molar-refractivity contribution >= 4 is 33.3 Å². The number of hydrogen-bond acceptors (Lipinski definition) is 9. The molecule has 1 aromatic carbocycles. The van der Waals surface area contributed by atoms with Gasteiger partial charge in [-0.25, -0.2) is 9.97 Å². The van der Waals surface area contributed by atoms with Gasteiger partial charge in [-0.1, -0.05) is 0 Å². The van der Waals surface area contributed by atoms with Crippen LogP contribution in [0.4, 0.5) is 11.8 Å². The largest absolute Gasteiger partial charge is 0.497 e. The van der Waals surface area contributed by atoms with Crippen molar-refractivity contribution < 1.29 is 14.6 Å². The Balaban J connectivity index is 1.67. The molecule has 1 fully saturated rings. The smallest absolute Gasteiger partial charge is 0.224 e. The van der Waals surface area contributed by atoms with Gasteiger partial charge in [0.05, 0.1) is 35.2 Å². The number of rotatable bonds is 10. The van der Waals surface area contributed by atoms with Crippen molar-refractivity contribution in [2.24, 2.45) is 5.92 Å². The third-order valence-corrected chi connectivity index (χ3v) is 6.83. The standard InChI is InChI=1S/C23H31N5O3S/c1-4-31-10-9-24-23-25-14(2)20(21(28-23)26-16-6-5-15(11-16)13-29)22-27-18-12-17(30-3)7-8-19(18)32-22/h7-8,12,15-16,29H,4-6,9-11,13H2,1-3H3,(H2,24,25,26,28)/t15-,16+/m1/s1. The van der Waals surface area contributed by atoms with E-state index in [9.17, 15) is 5.11 Å². The summed E-state index contributed by atoms with van der Waals surface area (Å²) in [6, 6.07) is 6.20. The SMILES string of the molecule is CCOCCNc1nc(C)c(-c2nc3cc(OC)ccc3s2)c(N[C@H]2CC[C@@H](CO)C2)n1. The molecule has 0 unspecified atom stereocenters. The van der Waals surface area contributed by atoms with E-state index in [-0.39, 0.29) is 12.6 Å². The second-order valence-electron chi connectivity index (χ2n) is 8.04. The van der Waals surface area contributed by atoms with Crippen molar-refractivity contribution in [3.8, 4) is 16.3 Å². The Hall–Kier alpha value is -2.49. The number of fused-ring (bicyclic) bond motifs is 1. The predicted molar refractivity (Wildman–Crippen MR) is 129 cm³/mol. The number of nitrogens with one attached hydrogen (secondary N) is 2. The minimum atomic E-state index is 0.234. The first-order valence-corrected chi connectivity index (χ1v) is 12.0. The first kappa shape index (κ1) is 22.7. The van der Waals surface area contributed by atoms with Crippen LogP contribution < -0.4 is 15.4 Å². The minimum absolute atomic E-state index is 0.234. The monoisotopic (exact) mass is 457 g/mol. The maximum absolute atomic E-state index is 9.54. The first-order chi connectivity index (χ1) is 15.6. The van der Waals surface area contributed by atoms with Gasteiger partial charge in [-0.3, -0.25) is 0 Å². The van der Waals surface area contributed by atoms with Gasteiger partial charge in [-0.05, 0) is 51.2 Å². The van der Waals surface area contributed by atoms with Crippen molar-refractivity contribution in [2.75, 3.05) is 44.1 Å². The van der Waals surface area contributed by atoms with Gasteiger partial charge in [0.2, 0.25) is 5.95 Å². The van der Waals surface area contributed by atoms with Crippen LogP contribution in [0, 0.1) is 12.8 Å². The van der Waals surface area contributed by atoms with Crippen molar-refractivity contribution in [1.82, 2.24) is 15.0 Å². The van der Waals surface area contributed by atoms with E-state index >= 15 is 0 Å². The molecule has 1 aliphatic carbocycles. The summed E-state index contributed by atoms with van der Waals surface area (Å²) in [5.74, 6) is 2.49. The average molecular weight is 458 g/mol. The average Bonchev–Trinajstić information content (AvgIpc) is 3.42. The number of aliphatic hydroxyl groups is 1. The van der Waals surface area contributed by atoms with E-state index in [1.54, 1.807) is 18.4 Å². The van der Waals surface area contributed by atoms with Gasteiger partial charge in [0.25, 0.3) is 0 Å². The number of aliphatic hydroxyl groups excluding tert-OH is 1. The van der Waals surface area contributed by atoms with Crippen LogP contribution in [0.15, 0.2) is 18.2 Å². The number of aryl methyl sites for hydroxylation is 1. The molecule has 2 heterocycles. The minimum Gasteiger partial charge on any atom is -0.497 e. The molecule has 0 bridgehead atoms. The number of methoxy groups -OCH3 is 1. The molecule has 2 atom stereocenters. The Morgan fingerprint density at radius 2 is 2.09 bits per heavy atom. The molecule has 0 aliphatic heterocycles. The van der Waals surface area contributed by atoms with E-state index in [0.29, 0.717) is 31.6 Å². The predicted octanol–water partition coefficient (Wildman–Crippen LogP) is 4.09. The Kier molecular flexibility index (Phi) is 7.39. The summed E-state index contributed by atoms with van der Waals surface area (Å²) in [5, 5.41) is 17.3. The molecule has 0 amide bonds. The quantitative estimate of drug-likeness (QED) is 0.391. The third kappa shape index (κ3) is 5.11. The molecule has 9 heteroatoms. The van der Waals surface area contributed by atoms with Gasteiger partial charge >= 0.3 is 0 Å². The molecular formula is C23H31N5O3S. The molecule has 0 saturated heterocycles. The Labute approximate surface area is 192 Å². The zero-order chi connectivity index (χ0) is 22.5. The summed E-state index contributed by atoms with van der Waals surface area (Å²) < 4.78 is 11.9. The highest BCUT2D eigenvalue weighted by Crippen LogP contribution is 2.38. The number of aromatic nitrogens is 3. The van der Waals surface area contributed by atoms with E-state index < -0.39 is 0 Å². The molecule has 1 aliphatic rings. The molecule has 3 aromatic rings. The molecule has 2 aromatic heterocycles. The van der Waals surface area contributed by atoms with Crippen molar-refractivity contribution in [2.45, 2.75) is 39.2 Å². The van der Waals surface area contributed by atoms with Gasteiger partial charge in [-0.15, -0.1) is 11.3 Å². The lowest BCUT2D eigenvalue weighted by Gasteiger charge is -2.18. The van der Waals surface area contributed by atoms with E-state index in [0.717, 1.165) is 57.3 Å². The van der Waals surface area contributed by atoms with Crippen LogP contribution in [0.3, 0.4) is 0 Å². The lowest BCUT2D eigenvalue weighted by molar-refractivity contribution is 0.158. The number of anilines is 2. The van der Waals surface area contributed by atoms with Crippen LogP contribution in [0.1, 0.15) is 31.9 Å². The number of hydrogen-bond donors (Lipinski definition) is 3. The fraction of sp³-hybridized carbons (Fsp3) is 0.522. The fourth-order valence-corrected chi connectivity index (χ4v) is 5.14. The van der Waals surface area contributed by atoms with Gasteiger partial charge < -0.3 is 25.2 Å². The molecule has 0 radical (unpaired) electrons. The van der Waals surface area contributed by atoms with E-state index in [1.807, 2.05) is 32.0 Å². The summed E-state index contributed by atoms with van der Waals surface area (Å²) in [6.07, 6.45) is 2.97.